The lowest BCUT2D eigenvalue weighted by atomic mass is 9.86. The first-order chi connectivity index (χ1) is 17.1. The molecule has 2 aliphatic rings. The van der Waals surface area contributed by atoms with Crippen molar-refractivity contribution >= 4 is 21.8 Å². The second-order valence-electron chi connectivity index (χ2n) is 10.0. The minimum atomic E-state index is -3.92. The van der Waals surface area contributed by atoms with E-state index < -0.39 is 22.0 Å². The van der Waals surface area contributed by atoms with Gasteiger partial charge in [-0.15, -0.1) is 0 Å². The number of hydrogen-bond acceptors (Lipinski definition) is 5. The van der Waals surface area contributed by atoms with Crippen LogP contribution in [-0.4, -0.2) is 49.7 Å². The van der Waals surface area contributed by atoms with Crippen molar-refractivity contribution in [3.63, 3.8) is 0 Å². The van der Waals surface area contributed by atoms with Crippen LogP contribution < -0.4 is 16.0 Å². The summed E-state index contributed by atoms with van der Waals surface area (Å²) >= 11 is 0. The van der Waals surface area contributed by atoms with Crippen LogP contribution in [0.3, 0.4) is 0 Å². The molecule has 0 spiro atoms. The highest BCUT2D eigenvalue weighted by molar-refractivity contribution is 7.89. The third kappa shape index (κ3) is 5.96. The van der Waals surface area contributed by atoms with Gasteiger partial charge in [-0.25, -0.2) is 8.42 Å². The molecule has 0 bridgehead atoms. The minimum absolute atomic E-state index is 0.122. The van der Waals surface area contributed by atoms with Gasteiger partial charge in [-0.1, -0.05) is 49.7 Å². The number of amides is 2. The van der Waals surface area contributed by atoms with E-state index in [4.69, 9.17) is 0 Å². The van der Waals surface area contributed by atoms with Gasteiger partial charge < -0.3 is 16.0 Å². The summed E-state index contributed by atoms with van der Waals surface area (Å²) in [6.45, 7) is 7.24. The predicted molar refractivity (Wildman–Crippen MR) is 139 cm³/mol. The lowest BCUT2D eigenvalue weighted by Crippen LogP contribution is -2.58. The number of fused-ring (bicyclic) bond motifs is 1. The summed E-state index contributed by atoms with van der Waals surface area (Å²) in [5.74, 6) is -0.775. The quantitative estimate of drug-likeness (QED) is 0.504. The van der Waals surface area contributed by atoms with Crippen molar-refractivity contribution in [2.75, 3.05) is 13.1 Å². The van der Waals surface area contributed by atoms with Crippen LogP contribution in [0, 0.1) is 6.92 Å². The van der Waals surface area contributed by atoms with Crippen LogP contribution in [0.25, 0.3) is 0 Å². The van der Waals surface area contributed by atoms with E-state index in [2.05, 4.69) is 48.0 Å². The topological polar surface area (TPSA) is 108 Å². The molecule has 2 atom stereocenters. The molecule has 1 fully saturated rings. The molecule has 36 heavy (non-hydrogen) atoms. The number of carbonyl (C=O) groups excluding carboxylic acids is 2. The van der Waals surface area contributed by atoms with Crippen molar-refractivity contribution in [2.45, 2.75) is 76.0 Å². The molecule has 2 aromatic rings. The van der Waals surface area contributed by atoms with Gasteiger partial charge in [0.15, 0.2) is 0 Å². The number of carbonyl (C=O) groups is 2. The van der Waals surface area contributed by atoms with Crippen LogP contribution in [0.5, 0.6) is 0 Å². The first-order valence-corrected chi connectivity index (χ1v) is 14.1. The van der Waals surface area contributed by atoms with Crippen molar-refractivity contribution in [3.05, 3.63) is 64.7 Å². The van der Waals surface area contributed by atoms with E-state index in [-0.39, 0.29) is 36.4 Å². The molecule has 3 N–H and O–H groups in total. The van der Waals surface area contributed by atoms with Crippen LogP contribution in [0.15, 0.2) is 47.4 Å². The van der Waals surface area contributed by atoms with E-state index in [9.17, 15) is 18.0 Å². The normalized spacial score (nSPS) is 20.6. The Kier molecular flexibility index (Phi) is 8.12. The van der Waals surface area contributed by atoms with Gasteiger partial charge in [-0.05, 0) is 55.0 Å². The molecular formula is C27H36N4O4S. The third-order valence-electron chi connectivity index (χ3n) is 6.86. The molecule has 9 heteroatoms. The van der Waals surface area contributed by atoms with Crippen LogP contribution >= 0.6 is 0 Å². The molecule has 1 saturated heterocycles. The third-order valence-corrected chi connectivity index (χ3v) is 8.78. The Morgan fingerprint density at radius 2 is 1.92 bits per heavy atom. The Hall–Kier alpha value is -2.75. The summed E-state index contributed by atoms with van der Waals surface area (Å²) < 4.78 is 27.8. The number of nitrogens with one attached hydrogen (secondary N) is 3. The molecule has 0 saturated carbocycles. The zero-order valence-electron chi connectivity index (χ0n) is 21.2. The maximum absolute atomic E-state index is 13.3. The highest BCUT2D eigenvalue weighted by atomic mass is 32.2. The van der Waals surface area contributed by atoms with Gasteiger partial charge in [0.1, 0.15) is 6.04 Å². The van der Waals surface area contributed by atoms with Crippen molar-refractivity contribution in [1.82, 2.24) is 20.3 Å². The smallest absolute Gasteiger partial charge is 0.243 e. The highest BCUT2D eigenvalue weighted by Gasteiger charge is 2.40. The van der Waals surface area contributed by atoms with Gasteiger partial charge in [0.25, 0.3) is 0 Å². The van der Waals surface area contributed by atoms with Gasteiger partial charge in [-0.2, -0.15) is 4.31 Å². The molecular weight excluding hydrogens is 476 g/mol. The van der Waals surface area contributed by atoms with E-state index in [0.717, 1.165) is 36.9 Å². The molecule has 1 unspecified atom stereocenters. The second kappa shape index (κ2) is 11.1. The van der Waals surface area contributed by atoms with Crippen molar-refractivity contribution < 1.29 is 18.0 Å². The maximum Gasteiger partial charge on any atom is 0.243 e. The molecule has 1 heterocycles. The zero-order chi connectivity index (χ0) is 25.9. The van der Waals surface area contributed by atoms with Gasteiger partial charge in [0.2, 0.25) is 21.8 Å². The number of rotatable bonds is 8. The fourth-order valence-electron chi connectivity index (χ4n) is 4.90. The molecule has 4 rings (SSSR count). The summed E-state index contributed by atoms with van der Waals surface area (Å²) in [5, 5.41) is 9.22. The van der Waals surface area contributed by atoms with E-state index in [1.807, 2.05) is 6.92 Å². The van der Waals surface area contributed by atoms with Gasteiger partial charge in [0.05, 0.1) is 17.4 Å². The Labute approximate surface area is 213 Å². The summed E-state index contributed by atoms with van der Waals surface area (Å²) in [6.07, 6.45) is 2.51. The Bertz CT molecular complexity index is 1210. The summed E-state index contributed by atoms with van der Waals surface area (Å²) in [4.78, 5) is 25.9. The number of sulfonamides is 1. The van der Waals surface area contributed by atoms with Gasteiger partial charge >= 0.3 is 0 Å². The average Bonchev–Trinajstić information content (AvgIpc) is 2.84. The zero-order valence-corrected chi connectivity index (χ0v) is 22.0. The Morgan fingerprint density at radius 1 is 1.17 bits per heavy atom. The summed E-state index contributed by atoms with van der Waals surface area (Å²) in [7, 11) is -3.92. The molecule has 1 aliphatic heterocycles. The van der Waals surface area contributed by atoms with Crippen molar-refractivity contribution in [2.24, 2.45) is 0 Å². The van der Waals surface area contributed by atoms with E-state index in [0.29, 0.717) is 6.04 Å². The standard InChI is InChI=1S/C27H36N4O4S/c1-18(2)29-17-20-9-12-23-21(15-20)5-4-6-24(23)30-26(32)16-25-27(33)28-13-14-31(25)36(34,35)22-10-7-19(3)8-11-22/h7-12,15,18,24-25,29H,4-6,13-14,16-17H2,1-3H3,(H,28,33)(H,30,32)/t24-,25?/m1/s1. The molecule has 1 aliphatic carbocycles. The van der Waals surface area contributed by atoms with Crippen LogP contribution in [0.4, 0.5) is 0 Å². The Balaban J connectivity index is 1.47. The fraction of sp³-hybridized carbons (Fsp3) is 0.481. The average molecular weight is 513 g/mol. The predicted octanol–water partition coefficient (Wildman–Crippen LogP) is 2.57. The van der Waals surface area contributed by atoms with Crippen LogP contribution in [0.2, 0.25) is 0 Å². The number of piperazine rings is 1. The van der Waals surface area contributed by atoms with E-state index in [1.165, 1.54) is 27.6 Å². The molecule has 2 aromatic carbocycles. The van der Waals surface area contributed by atoms with Crippen molar-refractivity contribution in [1.29, 1.82) is 0 Å². The molecule has 0 radical (unpaired) electrons. The van der Waals surface area contributed by atoms with Crippen LogP contribution in [0.1, 0.15) is 61.4 Å². The molecule has 2 amide bonds. The van der Waals surface area contributed by atoms with Gasteiger partial charge in [-0.3, -0.25) is 9.59 Å². The monoisotopic (exact) mass is 512 g/mol. The highest BCUT2D eigenvalue weighted by Crippen LogP contribution is 2.31. The Morgan fingerprint density at radius 3 is 2.64 bits per heavy atom. The fourth-order valence-corrected chi connectivity index (χ4v) is 6.49. The number of aryl methyl sites for hydroxylation is 2. The first-order valence-electron chi connectivity index (χ1n) is 12.7. The first kappa shape index (κ1) is 26.3. The largest absolute Gasteiger partial charge is 0.353 e. The molecule has 194 valence electrons. The lowest BCUT2D eigenvalue weighted by molar-refractivity contribution is -0.132. The van der Waals surface area contributed by atoms with E-state index >= 15 is 0 Å². The summed E-state index contributed by atoms with van der Waals surface area (Å²) in [6, 6.07) is 12.1. The lowest BCUT2D eigenvalue weighted by Gasteiger charge is -2.34. The number of nitrogens with zero attached hydrogens (tertiary/aromatic N) is 1. The maximum atomic E-state index is 13.3. The minimum Gasteiger partial charge on any atom is -0.353 e. The SMILES string of the molecule is Cc1ccc(S(=O)(=O)N2CCNC(=O)C2CC(=O)N[C@@H]2CCCc3cc(CNC(C)C)ccc32)cc1. The van der Waals surface area contributed by atoms with Crippen LogP contribution in [-0.2, 0) is 32.6 Å². The number of hydrogen-bond donors (Lipinski definition) is 3. The second-order valence-corrected chi connectivity index (χ2v) is 11.9. The molecule has 8 nitrogen and oxygen atoms in total. The van der Waals surface area contributed by atoms with Crippen molar-refractivity contribution in [3.8, 4) is 0 Å². The molecule has 0 aromatic heterocycles. The number of benzene rings is 2. The van der Waals surface area contributed by atoms with E-state index in [1.54, 1.807) is 12.1 Å². The summed E-state index contributed by atoms with van der Waals surface area (Å²) in [5.41, 5.74) is 4.48. The van der Waals surface area contributed by atoms with Gasteiger partial charge in [0, 0.05) is 25.7 Å².